The van der Waals surface area contributed by atoms with Gasteiger partial charge in [0.1, 0.15) is 5.75 Å². The molecule has 2 aliphatic rings. The van der Waals surface area contributed by atoms with Crippen LogP contribution in [0, 0.1) is 0 Å². The van der Waals surface area contributed by atoms with Gasteiger partial charge in [-0.1, -0.05) is 12.1 Å². The molecular weight excluding hydrogens is 336 g/mol. The van der Waals surface area contributed by atoms with Crippen molar-refractivity contribution in [1.29, 1.82) is 0 Å². The van der Waals surface area contributed by atoms with E-state index in [1.807, 2.05) is 36.0 Å². The maximum Gasteiger partial charge on any atom is 0.220 e. The van der Waals surface area contributed by atoms with Gasteiger partial charge in [-0.25, -0.2) is 0 Å². The minimum absolute atomic E-state index is 0.115. The van der Waals surface area contributed by atoms with Crippen molar-refractivity contribution < 1.29 is 14.3 Å². The van der Waals surface area contributed by atoms with E-state index in [0.29, 0.717) is 6.42 Å². The number of benzene rings is 1. The van der Waals surface area contributed by atoms with Gasteiger partial charge in [-0.15, -0.1) is 0 Å². The lowest BCUT2D eigenvalue weighted by atomic mass is 9.95. The molecule has 0 aromatic heterocycles. The number of carbonyl (C=O) groups is 1. The maximum absolute atomic E-state index is 12.3. The van der Waals surface area contributed by atoms with E-state index in [0.717, 1.165) is 62.8 Å². The Hall–Kier alpha value is -1.24. The Bertz CT molecular complexity index is 552. The molecule has 2 fully saturated rings. The number of nitrogens with zero attached hydrogens (tertiary/aromatic N) is 1. The van der Waals surface area contributed by atoms with E-state index in [-0.39, 0.29) is 11.4 Å². The summed E-state index contributed by atoms with van der Waals surface area (Å²) in [7, 11) is 1.66. The standard InChI is InChI=1S/C19H28N2O3S/c1-23-17-5-2-16(3-6-17)4-7-18(22)20-14-19(8-13-25-15-19)21-9-11-24-12-10-21/h2-3,5-6H,4,7-15H2,1H3,(H,20,22). The molecule has 5 nitrogen and oxygen atoms in total. The second kappa shape index (κ2) is 8.92. The monoisotopic (exact) mass is 364 g/mol. The molecule has 0 radical (unpaired) electrons. The first-order chi connectivity index (χ1) is 12.2. The molecule has 2 aliphatic heterocycles. The van der Waals surface area contributed by atoms with Crippen LogP contribution >= 0.6 is 11.8 Å². The largest absolute Gasteiger partial charge is 0.497 e. The molecular formula is C19H28N2O3S. The Morgan fingerprint density at radius 3 is 2.72 bits per heavy atom. The van der Waals surface area contributed by atoms with Gasteiger partial charge < -0.3 is 14.8 Å². The maximum atomic E-state index is 12.3. The second-order valence-electron chi connectivity index (χ2n) is 6.75. The third-order valence-corrected chi connectivity index (χ3v) is 6.41. The first-order valence-corrected chi connectivity index (χ1v) is 10.2. The smallest absolute Gasteiger partial charge is 0.220 e. The summed E-state index contributed by atoms with van der Waals surface area (Å²) in [4.78, 5) is 14.9. The Kier molecular flexibility index (Phi) is 6.62. The average Bonchev–Trinajstić information content (AvgIpc) is 3.16. The van der Waals surface area contributed by atoms with Gasteiger partial charge in [0.2, 0.25) is 5.91 Å². The van der Waals surface area contributed by atoms with Gasteiger partial charge >= 0.3 is 0 Å². The van der Waals surface area contributed by atoms with Crippen molar-refractivity contribution in [3.05, 3.63) is 29.8 Å². The van der Waals surface area contributed by atoms with Gasteiger partial charge in [-0.2, -0.15) is 11.8 Å². The molecule has 1 N–H and O–H groups in total. The zero-order valence-electron chi connectivity index (χ0n) is 15.0. The second-order valence-corrected chi connectivity index (χ2v) is 7.86. The Morgan fingerprint density at radius 2 is 2.08 bits per heavy atom. The predicted octanol–water partition coefficient (Wildman–Crippen LogP) is 1.95. The molecule has 0 saturated carbocycles. The van der Waals surface area contributed by atoms with E-state index < -0.39 is 0 Å². The topological polar surface area (TPSA) is 50.8 Å². The van der Waals surface area contributed by atoms with Gasteiger partial charge in [0.25, 0.3) is 0 Å². The van der Waals surface area contributed by atoms with Gasteiger partial charge in [-0.3, -0.25) is 9.69 Å². The lowest BCUT2D eigenvalue weighted by Gasteiger charge is -2.43. The highest BCUT2D eigenvalue weighted by molar-refractivity contribution is 7.99. The fourth-order valence-corrected chi connectivity index (χ4v) is 5.01. The molecule has 3 rings (SSSR count). The zero-order chi connectivity index (χ0) is 17.5. The molecule has 1 amide bonds. The Balaban J connectivity index is 1.48. The number of methoxy groups -OCH3 is 1. The molecule has 0 aliphatic carbocycles. The molecule has 2 heterocycles. The van der Waals surface area contributed by atoms with Crippen LogP contribution in [0.1, 0.15) is 18.4 Å². The number of nitrogens with one attached hydrogen (secondary N) is 1. The molecule has 0 spiro atoms. The molecule has 2 saturated heterocycles. The summed E-state index contributed by atoms with van der Waals surface area (Å²) >= 11 is 1.99. The summed E-state index contributed by atoms with van der Waals surface area (Å²) in [6.45, 7) is 4.31. The zero-order valence-corrected chi connectivity index (χ0v) is 15.8. The van der Waals surface area contributed by atoms with Crippen LogP contribution < -0.4 is 10.1 Å². The summed E-state index contributed by atoms with van der Waals surface area (Å²) in [5, 5.41) is 3.20. The number of carbonyl (C=O) groups excluding carboxylic acids is 1. The summed E-state index contributed by atoms with van der Waals surface area (Å²) in [5.74, 6) is 3.27. The summed E-state index contributed by atoms with van der Waals surface area (Å²) in [6.07, 6.45) is 2.43. The van der Waals surface area contributed by atoms with E-state index in [1.165, 1.54) is 5.75 Å². The Labute approximate surface area is 154 Å². The molecule has 25 heavy (non-hydrogen) atoms. The molecule has 1 aromatic rings. The highest BCUT2D eigenvalue weighted by Gasteiger charge is 2.40. The minimum Gasteiger partial charge on any atom is -0.497 e. The van der Waals surface area contributed by atoms with Crippen molar-refractivity contribution >= 4 is 17.7 Å². The molecule has 1 unspecified atom stereocenters. The number of rotatable bonds is 7. The van der Waals surface area contributed by atoms with E-state index in [1.54, 1.807) is 7.11 Å². The lowest BCUT2D eigenvalue weighted by Crippen LogP contribution is -2.59. The number of amides is 1. The third-order valence-electron chi connectivity index (χ3n) is 5.18. The van der Waals surface area contributed by atoms with E-state index in [2.05, 4.69) is 10.2 Å². The fraction of sp³-hybridized carbons (Fsp3) is 0.632. The lowest BCUT2D eigenvalue weighted by molar-refractivity contribution is -0.121. The van der Waals surface area contributed by atoms with Crippen molar-refractivity contribution in [2.75, 3.05) is 51.5 Å². The highest BCUT2D eigenvalue weighted by atomic mass is 32.2. The quantitative estimate of drug-likeness (QED) is 0.801. The van der Waals surface area contributed by atoms with E-state index >= 15 is 0 Å². The highest BCUT2D eigenvalue weighted by Crippen LogP contribution is 2.33. The SMILES string of the molecule is COc1ccc(CCC(=O)NCC2(N3CCOCC3)CCSC2)cc1. The normalized spacial score (nSPS) is 24.2. The molecule has 0 bridgehead atoms. The number of hydrogen-bond donors (Lipinski definition) is 1. The van der Waals surface area contributed by atoms with E-state index in [9.17, 15) is 4.79 Å². The van der Waals surface area contributed by atoms with Crippen LogP contribution in [0.25, 0.3) is 0 Å². The molecule has 6 heteroatoms. The summed E-state index contributed by atoms with van der Waals surface area (Å²) < 4.78 is 10.7. The van der Waals surface area contributed by atoms with Crippen LogP contribution in [0.15, 0.2) is 24.3 Å². The number of aryl methyl sites for hydroxylation is 1. The average molecular weight is 365 g/mol. The molecule has 138 valence electrons. The van der Waals surface area contributed by atoms with Crippen LogP contribution in [0.4, 0.5) is 0 Å². The van der Waals surface area contributed by atoms with Crippen LogP contribution in [-0.4, -0.2) is 67.8 Å². The van der Waals surface area contributed by atoms with Gasteiger partial charge in [0.15, 0.2) is 0 Å². The van der Waals surface area contributed by atoms with Crippen LogP contribution in [0.2, 0.25) is 0 Å². The van der Waals surface area contributed by atoms with Gasteiger partial charge in [-0.05, 0) is 36.3 Å². The molecule has 1 aromatic carbocycles. The number of ether oxygens (including phenoxy) is 2. The molecule has 1 atom stereocenters. The first-order valence-electron chi connectivity index (χ1n) is 9.02. The van der Waals surface area contributed by atoms with Crippen LogP contribution in [-0.2, 0) is 16.0 Å². The summed E-state index contributed by atoms with van der Waals surface area (Å²) in [5.41, 5.74) is 1.28. The first kappa shape index (κ1) is 18.5. The predicted molar refractivity (Wildman–Crippen MR) is 101 cm³/mol. The third kappa shape index (κ3) is 4.90. The van der Waals surface area contributed by atoms with Crippen LogP contribution in [0.5, 0.6) is 5.75 Å². The minimum atomic E-state index is 0.115. The number of hydrogen-bond acceptors (Lipinski definition) is 5. The number of morpholine rings is 1. The van der Waals surface area contributed by atoms with Crippen molar-refractivity contribution in [2.45, 2.75) is 24.8 Å². The van der Waals surface area contributed by atoms with E-state index in [4.69, 9.17) is 9.47 Å². The number of thioether (sulfide) groups is 1. The van der Waals surface area contributed by atoms with Crippen molar-refractivity contribution in [3.63, 3.8) is 0 Å². The Morgan fingerprint density at radius 1 is 1.32 bits per heavy atom. The van der Waals surface area contributed by atoms with Gasteiger partial charge in [0, 0.05) is 37.3 Å². The fourth-order valence-electron chi connectivity index (χ4n) is 3.54. The van der Waals surface area contributed by atoms with Gasteiger partial charge in [0.05, 0.1) is 20.3 Å². The van der Waals surface area contributed by atoms with Crippen molar-refractivity contribution in [2.24, 2.45) is 0 Å². The van der Waals surface area contributed by atoms with Crippen molar-refractivity contribution in [1.82, 2.24) is 10.2 Å². The van der Waals surface area contributed by atoms with Crippen LogP contribution in [0.3, 0.4) is 0 Å². The van der Waals surface area contributed by atoms with Crippen molar-refractivity contribution in [3.8, 4) is 5.75 Å². The summed E-state index contributed by atoms with van der Waals surface area (Å²) in [6, 6.07) is 7.93.